The molecule has 6 nitrogen and oxygen atoms in total. The second-order valence-electron chi connectivity index (χ2n) is 5.11. The minimum atomic E-state index is -0.675. The molecule has 0 aliphatic carbocycles. The van der Waals surface area contributed by atoms with Gasteiger partial charge in [0, 0.05) is 45.1 Å². The summed E-state index contributed by atoms with van der Waals surface area (Å²) in [6.07, 6.45) is 2.73. The summed E-state index contributed by atoms with van der Waals surface area (Å²) in [5.41, 5.74) is 4.87. The van der Waals surface area contributed by atoms with E-state index in [9.17, 15) is 5.11 Å². The molecule has 0 aromatic heterocycles. The summed E-state index contributed by atoms with van der Waals surface area (Å²) >= 11 is 0. The van der Waals surface area contributed by atoms with Crippen LogP contribution in [0.3, 0.4) is 0 Å². The van der Waals surface area contributed by atoms with Crippen LogP contribution in [0.4, 0.5) is 0 Å². The summed E-state index contributed by atoms with van der Waals surface area (Å²) in [7, 11) is 1.96. The second-order valence-corrected chi connectivity index (χ2v) is 5.11. The maximum absolute atomic E-state index is 10.4. The number of hydrogen-bond acceptors (Lipinski definition) is 5. The van der Waals surface area contributed by atoms with Crippen molar-refractivity contribution < 1.29 is 15.1 Å². The van der Waals surface area contributed by atoms with Crippen LogP contribution in [0.5, 0.6) is 0 Å². The van der Waals surface area contributed by atoms with E-state index in [0.717, 1.165) is 6.42 Å². The molecule has 0 spiro atoms. The number of amidine groups is 1. The van der Waals surface area contributed by atoms with Crippen molar-refractivity contribution in [2.45, 2.75) is 44.2 Å². The summed E-state index contributed by atoms with van der Waals surface area (Å²) in [4.78, 5) is 2.09. The highest BCUT2D eigenvalue weighted by Gasteiger charge is 2.32. The molecule has 1 heterocycles. The minimum Gasteiger partial charge on any atom is -0.409 e. The summed E-state index contributed by atoms with van der Waals surface area (Å²) in [5.74, 6) is 0.229. The van der Waals surface area contributed by atoms with Crippen molar-refractivity contribution in [3.63, 3.8) is 0 Å². The molecular formula is C12H25N3O3. The molecule has 0 aromatic rings. The Morgan fingerprint density at radius 2 is 2.11 bits per heavy atom. The smallest absolute Gasteiger partial charge is 0.140 e. The highest BCUT2D eigenvalue weighted by Crippen LogP contribution is 2.23. The van der Waals surface area contributed by atoms with E-state index in [1.54, 1.807) is 0 Å². The third kappa shape index (κ3) is 4.44. The van der Waals surface area contributed by atoms with E-state index in [-0.39, 0.29) is 11.9 Å². The van der Waals surface area contributed by atoms with E-state index >= 15 is 0 Å². The van der Waals surface area contributed by atoms with Crippen LogP contribution in [0, 0.1) is 0 Å². The first-order chi connectivity index (χ1) is 8.50. The molecule has 0 amide bonds. The number of nitrogens with two attached hydrogens (primary N) is 1. The Bertz CT molecular complexity index is 278. The molecule has 1 fully saturated rings. The van der Waals surface area contributed by atoms with E-state index < -0.39 is 5.60 Å². The van der Waals surface area contributed by atoms with Gasteiger partial charge < -0.3 is 25.7 Å². The zero-order valence-electron chi connectivity index (χ0n) is 11.3. The van der Waals surface area contributed by atoms with Gasteiger partial charge in [-0.05, 0) is 13.5 Å². The number of likely N-dealkylation sites (N-methyl/N-ethyl adjacent to an activating group) is 1. The second kappa shape index (κ2) is 6.92. The molecule has 106 valence electrons. The lowest BCUT2D eigenvalue weighted by molar-refractivity contribution is -0.0812. The van der Waals surface area contributed by atoms with Crippen molar-refractivity contribution in [2.24, 2.45) is 10.9 Å². The highest BCUT2D eigenvalue weighted by molar-refractivity contribution is 5.80. The van der Waals surface area contributed by atoms with Crippen molar-refractivity contribution in [1.29, 1.82) is 0 Å². The number of hydrogen-bond donors (Lipinski definition) is 3. The summed E-state index contributed by atoms with van der Waals surface area (Å²) in [6, 6.07) is 0.174. The normalized spacial score (nSPS) is 22.1. The van der Waals surface area contributed by atoms with E-state index in [0.29, 0.717) is 39.0 Å². The third-order valence-electron chi connectivity index (χ3n) is 3.64. The lowest BCUT2D eigenvalue weighted by Gasteiger charge is -2.38. The Morgan fingerprint density at radius 3 is 2.61 bits per heavy atom. The van der Waals surface area contributed by atoms with Gasteiger partial charge in [-0.15, -0.1) is 0 Å². The monoisotopic (exact) mass is 259 g/mol. The molecule has 1 aliphatic rings. The van der Waals surface area contributed by atoms with Gasteiger partial charge in [-0.1, -0.05) is 12.1 Å². The van der Waals surface area contributed by atoms with Crippen LogP contribution in [0.25, 0.3) is 0 Å². The van der Waals surface area contributed by atoms with Crippen LogP contribution in [-0.4, -0.2) is 59.5 Å². The van der Waals surface area contributed by atoms with Gasteiger partial charge in [0.05, 0.1) is 5.60 Å². The molecule has 0 bridgehead atoms. The van der Waals surface area contributed by atoms with Gasteiger partial charge in [0.25, 0.3) is 0 Å². The van der Waals surface area contributed by atoms with Crippen LogP contribution >= 0.6 is 0 Å². The Hall–Kier alpha value is -0.850. The molecule has 0 saturated carbocycles. The summed E-state index contributed by atoms with van der Waals surface area (Å²) < 4.78 is 5.26. The first-order valence-electron chi connectivity index (χ1n) is 6.47. The van der Waals surface area contributed by atoms with E-state index in [1.807, 2.05) is 7.05 Å². The molecule has 1 aliphatic heterocycles. The van der Waals surface area contributed by atoms with Crippen molar-refractivity contribution in [1.82, 2.24) is 4.90 Å². The quantitative estimate of drug-likeness (QED) is 0.277. The first-order valence-corrected chi connectivity index (χ1v) is 6.47. The van der Waals surface area contributed by atoms with Gasteiger partial charge in [-0.2, -0.15) is 0 Å². The van der Waals surface area contributed by atoms with Gasteiger partial charge in [0.15, 0.2) is 0 Å². The van der Waals surface area contributed by atoms with Crippen molar-refractivity contribution in [3.05, 3.63) is 0 Å². The van der Waals surface area contributed by atoms with E-state index in [1.165, 1.54) is 0 Å². The van der Waals surface area contributed by atoms with E-state index in [2.05, 4.69) is 17.0 Å². The fourth-order valence-electron chi connectivity index (χ4n) is 2.40. The molecule has 18 heavy (non-hydrogen) atoms. The number of ether oxygens (including phenoxy) is 1. The fraction of sp³-hybridized carbons (Fsp3) is 0.917. The van der Waals surface area contributed by atoms with Gasteiger partial charge in [0.1, 0.15) is 5.84 Å². The van der Waals surface area contributed by atoms with E-state index in [4.69, 9.17) is 15.7 Å². The highest BCUT2D eigenvalue weighted by atomic mass is 16.5. The Balaban J connectivity index is 2.52. The van der Waals surface area contributed by atoms with Crippen LogP contribution in [0.15, 0.2) is 5.16 Å². The topological polar surface area (TPSA) is 91.3 Å². The summed E-state index contributed by atoms with van der Waals surface area (Å²) in [6.45, 7) is 3.87. The summed E-state index contributed by atoms with van der Waals surface area (Å²) in [5, 5.41) is 22.1. The average molecular weight is 259 g/mol. The molecule has 6 heteroatoms. The zero-order chi connectivity index (χ0) is 13.6. The Kier molecular flexibility index (Phi) is 5.84. The van der Waals surface area contributed by atoms with Crippen LogP contribution < -0.4 is 5.73 Å². The molecule has 0 radical (unpaired) electrons. The average Bonchev–Trinajstić information content (AvgIpc) is 2.35. The van der Waals surface area contributed by atoms with Gasteiger partial charge in [0.2, 0.25) is 0 Å². The predicted octanol–water partition coefficient (Wildman–Crippen LogP) is 0.375. The minimum absolute atomic E-state index is 0.174. The Morgan fingerprint density at radius 1 is 1.50 bits per heavy atom. The van der Waals surface area contributed by atoms with Gasteiger partial charge >= 0.3 is 0 Å². The number of rotatable bonds is 6. The van der Waals surface area contributed by atoms with Crippen LogP contribution in [-0.2, 0) is 4.74 Å². The van der Waals surface area contributed by atoms with Gasteiger partial charge in [-0.3, -0.25) is 0 Å². The predicted molar refractivity (Wildman–Crippen MR) is 69.7 cm³/mol. The molecule has 1 rings (SSSR count). The lowest BCUT2D eigenvalue weighted by Crippen LogP contribution is -2.49. The zero-order valence-corrected chi connectivity index (χ0v) is 11.3. The van der Waals surface area contributed by atoms with Crippen molar-refractivity contribution in [2.75, 3.05) is 26.8 Å². The standard InChI is InChI=1S/C12H25N3O3/c1-3-10(8-11(13)14-17)15(2)9-12(16)4-6-18-7-5-12/h10,16-17H,3-9H2,1-2H3,(H2,13,14). The first kappa shape index (κ1) is 15.2. The molecular weight excluding hydrogens is 234 g/mol. The van der Waals surface area contributed by atoms with Crippen molar-refractivity contribution in [3.8, 4) is 0 Å². The number of aliphatic hydroxyl groups is 1. The number of nitrogens with zero attached hydrogens (tertiary/aromatic N) is 2. The fourth-order valence-corrected chi connectivity index (χ4v) is 2.40. The molecule has 4 N–H and O–H groups in total. The molecule has 1 saturated heterocycles. The lowest BCUT2D eigenvalue weighted by atomic mass is 9.93. The van der Waals surface area contributed by atoms with Crippen LogP contribution in [0.1, 0.15) is 32.6 Å². The molecule has 1 unspecified atom stereocenters. The maximum Gasteiger partial charge on any atom is 0.140 e. The largest absolute Gasteiger partial charge is 0.409 e. The maximum atomic E-state index is 10.4. The SMILES string of the molecule is CCC(CC(N)=NO)N(C)CC1(O)CCOCC1. The van der Waals surface area contributed by atoms with Crippen LogP contribution in [0.2, 0.25) is 0 Å². The van der Waals surface area contributed by atoms with Gasteiger partial charge in [-0.25, -0.2) is 0 Å². The molecule has 0 aromatic carbocycles. The number of oxime groups is 1. The Labute approximate surface area is 108 Å². The van der Waals surface area contributed by atoms with Crippen molar-refractivity contribution >= 4 is 5.84 Å². The molecule has 1 atom stereocenters. The third-order valence-corrected chi connectivity index (χ3v) is 3.64.